The molecule has 0 aromatic rings. The Morgan fingerprint density at radius 2 is 2.00 bits per heavy atom. The smallest absolute Gasteiger partial charge is 0.306 e. The molecule has 0 heterocycles. The van der Waals surface area contributed by atoms with Gasteiger partial charge in [0.1, 0.15) is 0 Å². The van der Waals surface area contributed by atoms with E-state index in [0.717, 1.165) is 12.8 Å². The lowest BCUT2D eigenvalue weighted by Gasteiger charge is -2.38. The maximum absolute atomic E-state index is 12.1. The molecule has 1 aliphatic rings. The van der Waals surface area contributed by atoms with E-state index in [1.165, 1.54) is 7.11 Å². The first-order valence-electron chi connectivity index (χ1n) is 6.59. The van der Waals surface area contributed by atoms with E-state index in [2.05, 4.69) is 16.4 Å². The Kier molecular flexibility index (Phi) is 5.91. The Morgan fingerprint density at radius 3 is 2.45 bits per heavy atom. The van der Waals surface area contributed by atoms with Crippen LogP contribution in [0.5, 0.6) is 0 Å². The molecule has 6 nitrogen and oxygen atoms in total. The largest absolute Gasteiger partial charge is 0.469 e. The van der Waals surface area contributed by atoms with Gasteiger partial charge >= 0.3 is 5.97 Å². The maximum atomic E-state index is 12.1. The summed E-state index contributed by atoms with van der Waals surface area (Å²) in [6.45, 7) is 2.12. The van der Waals surface area contributed by atoms with Crippen molar-refractivity contribution < 1.29 is 17.9 Å². The van der Waals surface area contributed by atoms with Gasteiger partial charge in [-0.2, -0.15) is 0 Å². The minimum absolute atomic E-state index is 0.172. The number of nitrogens with two attached hydrogens (primary N) is 1. The number of esters is 1. The van der Waals surface area contributed by atoms with Crippen molar-refractivity contribution in [3.8, 4) is 0 Å². The zero-order valence-electron chi connectivity index (χ0n) is 11.8. The zero-order chi connectivity index (χ0) is 15.4. The number of carbonyl (C=O) groups is 1. The van der Waals surface area contributed by atoms with Gasteiger partial charge in [0.2, 0.25) is 10.0 Å². The third kappa shape index (κ3) is 4.68. The van der Waals surface area contributed by atoms with E-state index in [-0.39, 0.29) is 17.2 Å². The summed E-state index contributed by atoms with van der Waals surface area (Å²) in [7, 11) is -2.40. The second kappa shape index (κ2) is 6.82. The van der Waals surface area contributed by atoms with Gasteiger partial charge < -0.3 is 10.5 Å². The molecule has 116 valence electrons. The Balaban J connectivity index is 2.75. The molecule has 1 aliphatic carbocycles. The maximum Gasteiger partial charge on any atom is 0.306 e. The lowest BCUT2D eigenvalue weighted by Crippen LogP contribution is -2.58. The summed E-state index contributed by atoms with van der Waals surface area (Å²) in [6.07, 6.45) is 2.76. The highest BCUT2D eigenvalue weighted by Gasteiger charge is 2.40. The predicted octanol–water partition coefficient (Wildman–Crippen LogP) is 0.704. The molecule has 0 unspecified atom stereocenters. The second-order valence-electron chi connectivity index (χ2n) is 5.38. The molecule has 1 saturated carbocycles. The molecule has 3 N–H and O–H groups in total. The van der Waals surface area contributed by atoms with Crippen LogP contribution < -0.4 is 10.5 Å². The van der Waals surface area contributed by atoms with Crippen molar-refractivity contribution in [2.75, 3.05) is 12.9 Å². The summed E-state index contributed by atoms with van der Waals surface area (Å²) in [4.78, 5) is 11.2. The predicted molar refractivity (Wildman–Crippen MR) is 80.7 cm³/mol. The van der Waals surface area contributed by atoms with Gasteiger partial charge in [-0.15, -0.1) is 0 Å². The Bertz CT molecular complexity index is 468. The lowest BCUT2D eigenvalue weighted by atomic mass is 9.78. The van der Waals surface area contributed by atoms with Crippen molar-refractivity contribution in [1.29, 1.82) is 0 Å². The highest BCUT2D eigenvalue weighted by atomic mass is 32.2. The summed E-state index contributed by atoms with van der Waals surface area (Å²) in [5, 5.41) is 0. The van der Waals surface area contributed by atoms with Gasteiger partial charge in [0.25, 0.3) is 0 Å². The molecule has 1 rings (SSSR count). The van der Waals surface area contributed by atoms with Crippen LogP contribution in [0.2, 0.25) is 0 Å². The first kappa shape index (κ1) is 17.3. The van der Waals surface area contributed by atoms with Gasteiger partial charge in [0.05, 0.1) is 29.8 Å². The topological polar surface area (TPSA) is 98.5 Å². The number of carbonyl (C=O) groups excluding carboxylic acids is 1. The van der Waals surface area contributed by atoms with E-state index in [4.69, 9.17) is 18.0 Å². The number of hydrogen-bond acceptors (Lipinski definition) is 5. The molecular weight excluding hydrogens is 300 g/mol. The molecule has 0 bridgehead atoms. The van der Waals surface area contributed by atoms with Gasteiger partial charge in [0.15, 0.2) is 0 Å². The molecule has 0 amide bonds. The number of nitrogens with one attached hydrogen (secondary N) is 1. The van der Waals surface area contributed by atoms with Crippen LogP contribution in [0.15, 0.2) is 0 Å². The molecule has 0 spiro atoms. The van der Waals surface area contributed by atoms with Crippen molar-refractivity contribution in [1.82, 2.24) is 4.72 Å². The molecule has 0 saturated heterocycles. The van der Waals surface area contributed by atoms with Crippen LogP contribution in [0, 0.1) is 5.92 Å². The monoisotopic (exact) mass is 322 g/mol. The summed E-state index contributed by atoms with van der Waals surface area (Å²) in [5.41, 5.74) is 4.90. The molecule has 0 aliphatic heterocycles. The van der Waals surface area contributed by atoms with Crippen LogP contribution in [0.4, 0.5) is 0 Å². The molecule has 0 radical (unpaired) electrons. The number of methoxy groups -OCH3 is 1. The summed E-state index contributed by atoms with van der Waals surface area (Å²) in [6, 6.07) is 0. The summed E-state index contributed by atoms with van der Waals surface area (Å²) >= 11 is 5.05. The number of ether oxygens (including phenoxy) is 1. The van der Waals surface area contributed by atoms with Crippen LogP contribution in [-0.4, -0.2) is 37.8 Å². The third-order valence-corrected chi connectivity index (χ3v) is 5.59. The van der Waals surface area contributed by atoms with Gasteiger partial charge in [-0.1, -0.05) is 19.1 Å². The SMILES string of the molecule is COC(=O)CCS(=O)(=O)NC1(C(N)=S)CCC(C)CC1. The quantitative estimate of drug-likeness (QED) is 0.552. The minimum Gasteiger partial charge on any atom is -0.469 e. The zero-order valence-corrected chi connectivity index (χ0v) is 13.5. The van der Waals surface area contributed by atoms with E-state index < -0.39 is 21.5 Å². The fraction of sp³-hybridized carbons (Fsp3) is 0.833. The van der Waals surface area contributed by atoms with E-state index in [1.54, 1.807) is 0 Å². The van der Waals surface area contributed by atoms with E-state index in [1.807, 2.05) is 0 Å². The van der Waals surface area contributed by atoms with Gasteiger partial charge in [0, 0.05) is 0 Å². The molecular formula is C12H22N2O4S2. The first-order chi connectivity index (χ1) is 9.21. The Morgan fingerprint density at radius 1 is 1.45 bits per heavy atom. The third-order valence-electron chi connectivity index (χ3n) is 3.75. The van der Waals surface area contributed by atoms with Crippen molar-refractivity contribution in [2.24, 2.45) is 11.7 Å². The van der Waals surface area contributed by atoms with Crippen LogP contribution in [0.3, 0.4) is 0 Å². The molecule has 1 fully saturated rings. The average Bonchev–Trinajstić information content (AvgIpc) is 2.38. The average molecular weight is 322 g/mol. The number of rotatable bonds is 6. The molecule has 20 heavy (non-hydrogen) atoms. The van der Waals surface area contributed by atoms with Crippen molar-refractivity contribution in [3.63, 3.8) is 0 Å². The first-order valence-corrected chi connectivity index (χ1v) is 8.65. The van der Waals surface area contributed by atoms with E-state index in [0.29, 0.717) is 18.8 Å². The Labute approximate surface area is 125 Å². The highest BCUT2D eigenvalue weighted by molar-refractivity contribution is 7.89. The number of sulfonamides is 1. The normalized spacial score (nSPS) is 27.0. The molecule has 0 aromatic carbocycles. The van der Waals surface area contributed by atoms with Crippen LogP contribution in [-0.2, 0) is 19.6 Å². The van der Waals surface area contributed by atoms with Gasteiger partial charge in [-0.3, -0.25) is 4.79 Å². The van der Waals surface area contributed by atoms with Crippen LogP contribution in [0.1, 0.15) is 39.0 Å². The van der Waals surface area contributed by atoms with Gasteiger partial charge in [-0.25, -0.2) is 13.1 Å². The minimum atomic E-state index is -3.63. The highest BCUT2D eigenvalue weighted by Crippen LogP contribution is 2.32. The molecule has 0 atom stereocenters. The fourth-order valence-electron chi connectivity index (χ4n) is 2.32. The second-order valence-corrected chi connectivity index (χ2v) is 7.66. The number of hydrogen-bond donors (Lipinski definition) is 2. The number of thiocarbonyl (C=S) groups is 1. The summed E-state index contributed by atoms with van der Waals surface area (Å²) < 4.78 is 31.2. The van der Waals surface area contributed by atoms with Crippen molar-refractivity contribution in [2.45, 2.75) is 44.6 Å². The van der Waals surface area contributed by atoms with Crippen molar-refractivity contribution in [3.05, 3.63) is 0 Å². The molecule has 0 aromatic heterocycles. The van der Waals surface area contributed by atoms with Crippen molar-refractivity contribution >= 4 is 33.2 Å². The van der Waals surface area contributed by atoms with E-state index >= 15 is 0 Å². The standard InChI is InChI=1S/C12H22N2O4S2/c1-9-3-6-12(7-4-9,11(13)19)14-20(16,17)8-5-10(15)18-2/h9,14H,3-8H2,1-2H3,(H2,13,19). The fourth-order valence-corrected chi connectivity index (χ4v) is 4.09. The molecule has 8 heteroatoms. The van der Waals surface area contributed by atoms with E-state index in [9.17, 15) is 13.2 Å². The summed E-state index contributed by atoms with van der Waals surface area (Å²) in [5.74, 6) is -0.339. The lowest BCUT2D eigenvalue weighted by molar-refractivity contribution is -0.140. The van der Waals surface area contributed by atoms with Gasteiger partial charge in [-0.05, 0) is 31.6 Å². The Hall–Kier alpha value is -0.730. The van der Waals surface area contributed by atoms with Crippen LogP contribution >= 0.6 is 12.2 Å². The van der Waals surface area contributed by atoms with Crippen LogP contribution in [0.25, 0.3) is 0 Å².